The van der Waals surface area contributed by atoms with Crippen molar-refractivity contribution in [2.75, 3.05) is 32.7 Å². The first-order valence-electron chi connectivity index (χ1n) is 7.10. The van der Waals surface area contributed by atoms with Gasteiger partial charge in [-0.2, -0.15) is 0 Å². The molecular formula is C14H20N4O. The van der Waals surface area contributed by atoms with Crippen molar-refractivity contribution >= 4 is 5.91 Å². The van der Waals surface area contributed by atoms with Crippen molar-refractivity contribution in [3.05, 3.63) is 24.3 Å². The van der Waals surface area contributed by atoms with E-state index in [-0.39, 0.29) is 5.91 Å². The van der Waals surface area contributed by atoms with Crippen molar-refractivity contribution in [3.63, 3.8) is 0 Å². The van der Waals surface area contributed by atoms with Gasteiger partial charge in [0, 0.05) is 38.6 Å². The molecule has 0 unspecified atom stereocenters. The number of rotatable bonds is 3. The summed E-state index contributed by atoms with van der Waals surface area (Å²) in [4.78, 5) is 24.8. The van der Waals surface area contributed by atoms with E-state index >= 15 is 0 Å². The highest BCUT2D eigenvalue weighted by atomic mass is 16.2. The quantitative estimate of drug-likeness (QED) is 0.814. The van der Waals surface area contributed by atoms with E-state index in [2.05, 4.69) is 14.9 Å². The maximum absolute atomic E-state index is 12.3. The molecule has 1 aliphatic heterocycles. The molecule has 5 nitrogen and oxygen atoms in total. The van der Waals surface area contributed by atoms with Crippen molar-refractivity contribution in [1.82, 2.24) is 19.8 Å². The molecule has 1 saturated carbocycles. The van der Waals surface area contributed by atoms with Gasteiger partial charge < -0.3 is 9.80 Å². The standard InChI is InChI=1S/C14H20N4O/c19-14(13-10-15-4-5-16-13)18-7-1-6-17(8-9-18)11-12-2-3-12/h4-5,10,12H,1-3,6-9,11H2. The number of hydrogen-bond donors (Lipinski definition) is 0. The van der Waals surface area contributed by atoms with E-state index in [1.807, 2.05) is 4.90 Å². The van der Waals surface area contributed by atoms with Crippen molar-refractivity contribution in [3.8, 4) is 0 Å². The van der Waals surface area contributed by atoms with Crippen LogP contribution in [0.5, 0.6) is 0 Å². The van der Waals surface area contributed by atoms with Crippen LogP contribution in [0.3, 0.4) is 0 Å². The first-order valence-corrected chi connectivity index (χ1v) is 7.10. The van der Waals surface area contributed by atoms with Gasteiger partial charge in [0.1, 0.15) is 5.69 Å². The molecular weight excluding hydrogens is 240 g/mol. The monoisotopic (exact) mass is 260 g/mol. The molecule has 0 atom stereocenters. The predicted octanol–water partition coefficient (Wildman–Crippen LogP) is 1.03. The Morgan fingerprint density at radius 2 is 2.11 bits per heavy atom. The second-order valence-electron chi connectivity index (χ2n) is 5.48. The van der Waals surface area contributed by atoms with Crippen molar-refractivity contribution < 1.29 is 4.79 Å². The van der Waals surface area contributed by atoms with Gasteiger partial charge in [0.15, 0.2) is 0 Å². The minimum atomic E-state index is 0.0152. The Kier molecular flexibility index (Phi) is 3.73. The van der Waals surface area contributed by atoms with Gasteiger partial charge in [-0.05, 0) is 31.7 Å². The number of carbonyl (C=O) groups excluding carboxylic acids is 1. The minimum Gasteiger partial charge on any atom is -0.336 e. The number of hydrogen-bond acceptors (Lipinski definition) is 4. The number of amides is 1. The lowest BCUT2D eigenvalue weighted by Gasteiger charge is -2.21. The van der Waals surface area contributed by atoms with E-state index < -0.39 is 0 Å². The third kappa shape index (κ3) is 3.29. The molecule has 5 heteroatoms. The Labute approximate surface area is 113 Å². The van der Waals surface area contributed by atoms with Gasteiger partial charge in [0.2, 0.25) is 0 Å². The summed E-state index contributed by atoms with van der Waals surface area (Å²) in [5.74, 6) is 0.934. The van der Waals surface area contributed by atoms with E-state index in [9.17, 15) is 4.79 Å². The van der Waals surface area contributed by atoms with Crippen molar-refractivity contribution in [1.29, 1.82) is 0 Å². The van der Waals surface area contributed by atoms with Gasteiger partial charge in [0.25, 0.3) is 5.91 Å². The Balaban J connectivity index is 1.58. The first kappa shape index (κ1) is 12.5. The van der Waals surface area contributed by atoms with E-state index in [0.717, 1.165) is 38.5 Å². The molecule has 2 fully saturated rings. The fourth-order valence-electron chi connectivity index (χ4n) is 2.59. The average Bonchev–Trinajstić information content (AvgIpc) is 3.27. The van der Waals surface area contributed by atoms with E-state index in [0.29, 0.717) is 5.69 Å². The molecule has 19 heavy (non-hydrogen) atoms. The third-order valence-corrected chi connectivity index (χ3v) is 3.87. The molecule has 1 aromatic rings. The molecule has 3 rings (SSSR count). The highest BCUT2D eigenvalue weighted by Gasteiger charge is 2.26. The van der Waals surface area contributed by atoms with E-state index in [1.165, 1.54) is 19.4 Å². The van der Waals surface area contributed by atoms with Crippen molar-refractivity contribution in [2.45, 2.75) is 19.3 Å². The predicted molar refractivity (Wildman–Crippen MR) is 71.7 cm³/mol. The van der Waals surface area contributed by atoms with Gasteiger partial charge in [0.05, 0.1) is 6.20 Å². The molecule has 0 aromatic carbocycles. The fraction of sp³-hybridized carbons (Fsp3) is 0.643. The molecule has 102 valence electrons. The van der Waals surface area contributed by atoms with Gasteiger partial charge in [-0.1, -0.05) is 0 Å². The number of aromatic nitrogens is 2. The van der Waals surface area contributed by atoms with Crippen LogP contribution in [-0.2, 0) is 0 Å². The van der Waals surface area contributed by atoms with Crippen LogP contribution >= 0.6 is 0 Å². The highest BCUT2D eigenvalue weighted by molar-refractivity contribution is 5.91. The summed E-state index contributed by atoms with van der Waals surface area (Å²) in [7, 11) is 0. The molecule has 0 bridgehead atoms. The van der Waals surface area contributed by atoms with E-state index in [1.54, 1.807) is 18.6 Å². The third-order valence-electron chi connectivity index (χ3n) is 3.87. The lowest BCUT2D eigenvalue weighted by Crippen LogP contribution is -2.36. The molecule has 1 aliphatic carbocycles. The molecule has 0 radical (unpaired) electrons. The molecule has 2 aliphatic rings. The average molecular weight is 260 g/mol. The summed E-state index contributed by atoms with van der Waals surface area (Å²) in [6, 6.07) is 0. The summed E-state index contributed by atoms with van der Waals surface area (Å²) in [5, 5.41) is 0. The Hall–Kier alpha value is -1.49. The first-order chi connectivity index (χ1) is 9.33. The summed E-state index contributed by atoms with van der Waals surface area (Å²) in [6.45, 7) is 4.95. The molecule has 1 saturated heterocycles. The fourth-order valence-corrected chi connectivity index (χ4v) is 2.59. The molecule has 2 heterocycles. The Morgan fingerprint density at radius 1 is 1.21 bits per heavy atom. The zero-order chi connectivity index (χ0) is 13.1. The zero-order valence-electron chi connectivity index (χ0n) is 11.2. The van der Waals surface area contributed by atoms with Gasteiger partial charge in [-0.25, -0.2) is 4.98 Å². The highest BCUT2D eigenvalue weighted by Crippen LogP contribution is 2.29. The van der Waals surface area contributed by atoms with Crippen LogP contribution in [0.25, 0.3) is 0 Å². The summed E-state index contributed by atoms with van der Waals surface area (Å²) in [5.41, 5.74) is 0.457. The van der Waals surface area contributed by atoms with Crippen LogP contribution in [0.4, 0.5) is 0 Å². The van der Waals surface area contributed by atoms with E-state index in [4.69, 9.17) is 0 Å². The maximum Gasteiger partial charge on any atom is 0.274 e. The number of carbonyl (C=O) groups is 1. The molecule has 0 N–H and O–H groups in total. The van der Waals surface area contributed by atoms with Crippen LogP contribution in [-0.4, -0.2) is 58.4 Å². The lowest BCUT2D eigenvalue weighted by atomic mass is 10.3. The normalized spacial score (nSPS) is 21.2. The van der Waals surface area contributed by atoms with Gasteiger partial charge in [-0.3, -0.25) is 9.78 Å². The molecule has 1 aromatic heterocycles. The summed E-state index contributed by atoms with van der Waals surface area (Å²) in [6.07, 6.45) is 8.55. The van der Waals surface area contributed by atoms with Crippen LogP contribution in [0.1, 0.15) is 29.8 Å². The summed E-state index contributed by atoms with van der Waals surface area (Å²) >= 11 is 0. The van der Waals surface area contributed by atoms with Crippen LogP contribution in [0.2, 0.25) is 0 Å². The van der Waals surface area contributed by atoms with Crippen LogP contribution in [0, 0.1) is 5.92 Å². The second kappa shape index (κ2) is 5.65. The minimum absolute atomic E-state index is 0.0152. The maximum atomic E-state index is 12.3. The largest absolute Gasteiger partial charge is 0.336 e. The van der Waals surface area contributed by atoms with Crippen molar-refractivity contribution in [2.24, 2.45) is 5.92 Å². The van der Waals surface area contributed by atoms with Gasteiger partial charge in [-0.15, -0.1) is 0 Å². The summed E-state index contributed by atoms with van der Waals surface area (Å²) < 4.78 is 0. The topological polar surface area (TPSA) is 49.3 Å². The SMILES string of the molecule is O=C(c1cnccn1)N1CCCN(CC2CC2)CC1. The van der Waals surface area contributed by atoms with Crippen LogP contribution in [0.15, 0.2) is 18.6 Å². The Morgan fingerprint density at radius 3 is 2.84 bits per heavy atom. The number of nitrogens with zero attached hydrogens (tertiary/aromatic N) is 4. The Bertz CT molecular complexity index is 432. The molecule has 1 amide bonds. The second-order valence-corrected chi connectivity index (χ2v) is 5.48. The molecule has 0 spiro atoms. The zero-order valence-corrected chi connectivity index (χ0v) is 11.2. The smallest absolute Gasteiger partial charge is 0.274 e. The van der Waals surface area contributed by atoms with Gasteiger partial charge >= 0.3 is 0 Å². The van der Waals surface area contributed by atoms with Crippen LogP contribution < -0.4 is 0 Å². The lowest BCUT2D eigenvalue weighted by molar-refractivity contribution is 0.0755.